The molecule has 1 amide bonds. The summed E-state index contributed by atoms with van der Waals surface area (Å²) in [6.45, 7) is 2.60. The van der Waals surface area contributed by atoms with E-state index in [2.05, 4.69) is 30.0 Å². The van der Waals surface area contributed by atoms with Gasteiger partial charge in [-0.15, -0.1) is 0 Å². The average Bonchev–Trinajstić information content (AvgIpc) is 3.39. The van der Waals surface area contributed by atoms with Gasteiger partial charge in [0.1, 0.15) is 11.4 Å². The molecular weight excluding hydrogens is 398 g/mol. The lowest BCUT2D eigenvalue weighted by atomic mass is 10.0. The van der Waals surface area contributed by atoms with Gasteiger partial charge in [-0.25, -0.2) is 4.68 Å². The summed E-state index contributed by atoms with van der Waals surface area (Å²) in [5, 5.41) is 4.84. The molecule has 2 fully saturated rings. The third-order valence-electron chi connectivity index (χ3n) is 6.64. The Bertz CT molecular complexity index is 1100. The minimum absolute atomic E-state index is 0.175. The van der Waals surface area contributed by atoms with Crippen molar-refractivity contribution in [2.24, 2.45) is 13.0 Å². The topological polar surface area (TPSA) is 47.4 Å². The van der Waals surface area contributed by atoms with Crippen LogP contribution >= 0.6 is 0 Å². The summed E-state index contributed by atoms with van der Waals surface area (Å²) in [5.74, 6) is 1.98. The van der Waals surface area contributed by atoms with Crippen LogP contribution in [0.15, 0.2) is 54.6 Å². The molecule has 0 radical (unpaired) electrons. The zero-order valence-electron chi connectivity index (χ0n) is 19.0. The molecule has 3 aromatic rings. The Hall–Kier alpha value is -3.08. The number of hydrogen-bond donors (Lipinski definition) is 0. The fourth-order valence-corrected chi connectivity index (χ4v) is 4.79. The lowest BCUT2D eigenvalue weighted by Gasteiger charge is -2.26. The normalized spacial score (nSPS) is 16.3. The molecule has 1 aromatic heterocycles. The highest BCUT2D eigenvalue weighted by molar-refractivity contribution is 5.80. The molecule has 0 atom stereocenters. The van der Waals surface area contributed by atoms with E-state index in [-0.39, 0.29) is 5.92 Å². The summed E-state index contributed by atoms with van der Waals surface area (Å²) >= 11 is 0. The smallest absolute Gasteiger partial charge is 0.226 e. The van der Waals surface area contributed by atoms with E-state index in [0.29, 0.717) is 24.4 Å². The Morgan fingerprint density at radius 1 is 1.06 bits per heavy atom. The maximum atomic E-state index is 13.5. The standard InChI is InChI=1S/C27H31N3O2/c1-19-9-8-14-23(17-19)32-27-24(25(28-29(27)2)20-10-4-3-5-11-20)18-30(22-15-16-22)26(31)21-12-6-7-13-21/h3-5,8-11,14,17,21-22H,6-7,12-13,15-16,18H2,1-2H3. The van der Waals surface area contributed by atoms with E-state index in [0.717, 1.165) is 53.8 Å². The van der Waals surface area contributed by atoms with Gasteiger partial charge < -0.3 is 9.64 Å². The molecule has 5 nitrogen and oxygen atoms in total. The van der Waals surface area contributed by atoms with Gasteiger partial charge in [-0.05, 0) is 50.3 Å². The van der Waals surface area contributed by atoms with Crippen LogP contribution in [0.5, 0.6) is 11.6 Å². The van der Waals surface area contributed by atoms with Crippen LogP contribution in [0, 0.1) is 12.8 Å². The number of aromatic nitrogens is 2. The van der Waals surface area contributed by atoms with E-state index in [1.54, 1.807) is 0 Å². The van der Waals surface area contributed by atoms with Crippen LogP contribution in [0.3, 0.4) is 0 Å². The molecule has 0 unspecified atom stereocenters. The van der Waals surface area contributed by atoms with Gasteiger partial charge in [0.05, 0.1) is 12.1 Å². The molecular formula is C27H31N3O2. The molecule has 1 heterocycles. The van der Waals surface area contributed by atoms with Crippen molar-refractivity contribution in [1.29, 1.82) is 0 Å². The van der Waals surface area contributed by atoms with Crippen LogP contribution in [0.2, 0.25) is 0 Å². The van der Waals surface area contributed by atoms with Crippen molar-refractivity contribution in [2.45, 2.75) is 58.0 Å². The zero-order valence-corrected chi connectivity index (χ0v) is 19.0. The van der Waals surface area contributed by atoms with Crippen LogP contribution in [-0.4, -0.2) is 26.6 Å². The number of carbonyl (C=O) groups excluding carboxylic acids is 1. The molecule has 2 aromatic carbocycles. The molecule has 2 aliphatic rings. The van der Waals surface area contributed by atoms with Crippen LogP contribution < -0.4 is 4.74 Å². The summed E-state index contributed by atoms with van der Waals surface area (Å²) < 4.78 is 8.20. The number of ether oxygens (including phenoxy) is 1. The first-order valence-electron chi connectivity index (χ1n) is 11.8. The molecule has 0 aliphatic heterocycles. The molecule has 0 spiro atoms. The number of carbonyl (C=O) groups is 1. The summed E-state index contributed by atoms with van der Waals surface area (Å²) in [6.07, 6.45) is 6.55. The number of hydrogen-bond acceptors (Lipinski definition) is 3. The first kappa shape index (κ1) is 20.8. The quantitative estimate of drug-likeness (QED) is 0.472. The second-order valence-electron chi connectivity index (χ2n) is 9.22. The maximum Gasteiger partial charge on any atom is 0.226 e. The Morgan fingerprint density at radius 2 is 1.81 bits per heavy atom. The highest BCUT2D eigenvalue weighted by atomic mass is 16.5. The van der Waals surface area contributed by atoms with Gasteiger partial charge in [-0.3, -0.25) is 4.79 Å². The molecule has 5 rings (SSSR count). The van der Waals surface area contributed by atoms with Crippen molar-refractivity contribution in [1.82, 2.24) is 14.7 Å². The fourth-order valence-electron chi connectivity index (χ4n) is 4.79. The van der Waals surface area contributed by atoms with E-state index in [9.17, 15) is 4.79 Å². The zero-order chi connectivity index (χ0) is 22.1. The maximum absolute atomic E-state index is 13.5. The average molecular weight is 430 g/mol. The summed E-state index contributed by atoms with van der Waals surface area (Å²) in [4.78, 5) is 15.6. The first-order chi connectivity index (χ1) is 15.6. The Kier molecular flexibility index (Phi) is 5.73. The van der Waals surface area contributed by atoms with Crippen LogP contribution in [0.25, 0.3) is 11.3 Å². The number of amides is 1. The summed E-state index contributed by atoms with van der Waals surface area (Å²) in [7, 11) is 1.92. The second-order valence-corrected chi connectivity index (χ2v) is 9.22. The first-order valence-corrected chi connectivity index (χ1v) is 11.8. The minimum Gasteiger partial charge on any atom is -0.439 e. The van der Waals surface area contributed by atoms with Crippen LogP contribution in [0.1, 0.15) is 49.7 Å². The SMILES string of the molecule is Cc1cccc(Oc2c(CN(C(=O)C3CCCC3)C3CC3)c(-c3ccccc3)nn2C)c1. The Balaban J connectivity index is 1.54. The van der Waals surface area contributed by atoms with Crippen molar-refractivity contribution in [3.05, 3.63) is 65.7 Å². The number of benzene rings is 2. The summed E-state index contributed by atoms with van der Waals surface area (Å²) in [5.41, 5.74) is 4.06. The Morgan fingerprint density at radius 3 is 2.50 bits per heavy atom. The number of aryl methyl sites for hydroxylation is 2. The molecule has 5 heteroatoms. The van der Waals surface area contributed by atoms with Crippen molar-refractivity contribution < 1.29 is 9.53 Å². The predicted octanol–water partition coefficient (Wildman–Crippen LogP) is 5.87. The summed E-state index contributed by atoms with van der Waals surface area (Å²) in [6, 6.07) is 18.6. The van der Waals surface area contributed by atoms with E-state index in [4.69, 9.17) is 9.84 Å². The van der Waals surface area contributed by atoms with E-state index >= 15 is 0 Å². The van der Waals surface area contributed by atoms with Gasteiger partial charge in [0.15, 0.2) is 0 Å². The Labute approximate surface area is 190 Å². The van der Waals surface area contributed by atoms with Gasteiger partial charge in [0.25, 0.3) is 0 Å². The van der Waals surface area contributed by atoms with Crippen molar-refractivity contribution in [3.63, 3.8) is 0 Å². The molecule has 32 heavy (non-hydrogen) atoms. The lowest BCUT2D eigenvalue weighted by molar-refractivity contribution is -0.136. The molecule has 0 N–H and O–H groups in total. The van der Waals surface area contributed by atoms with Crippen LogP contribution in [0.4, 0.5) is 0 Å². The van der Waals surface area contributed by atoms with Gasteiger partial charge in [0, 0.05) is 24.6 Å². The van der Waals surface area contributed by atoms with Gasteiger partial charge in [-0.1, -0.05) is 55.3 Å². The highest BCUT2D eigenvalue weighted by Crippen LogP contribution is 2.39. The van der Waals surface area contributed by atoms with Crippen molar-refractivity contribution in [3.8, 4) is 22.9 Å². The second kappa shape index (κ2) is 8.81. The van der Waals surface area contributed by atoms with Gasteiger partial charge >= 0.3 is 0 Å². The monoisotopic (exact) mass is 429 g/mol. The lowest BCUT2D eigenvalue weighted by Crippen LogP contribution is -2.36. The van der Waals surface area contributed by atoms with Crippen molar-refractivity contribution in [2.75, 3.05) is 0 Å². The number of nitrogens with zero attached hydrogens (tertiary/aromatic N) is 3. The molecule has 2 saturated carbocycles. The predicted molar refractivity (Wildman–Crippen MR) is 125 cm³/mol. The fraction of sp³-hybridized carbons (Fsp3) is 0.407. The van der Waals surface area contributed by atoms with E-state index in [1.165, 1.54) is 12.8 Å². The van der Waals surface area contributed by atoms with Crippen molar-refractivity contribution >= 4 is 5.91 Å². The highest BCUT2D eigenvalue weighted by Gasteiger charge is 2.38. The van der Waals surface area contributed by atoms with Gasteiger partial charge in [-0.2, -0.15) is 5.10 Å². The molecule has 0 bridgehead atoms. The van der Waals surface area contributed by atoms with E-state index < -0.39 is 0 Å². The molecule has 2 aliphatic carbocycles. The largest absolute Gasteiger partial charge is 0.439 e. The van der Waals surface area contributed by atoms with E-state index in [1.807, 2.05) is 48.1 Å². The van der Waals surface area contributed by atoms with Gasteiger partial charge in [0.2, 0.25) is 11.8 Å². The molecule has 0 saturated heterocycles. The molecule has 166 valence electrons. The third kappa shape index (κ3) is 4.29. The van der Waals surface area contributed by atoms with Crippen LogP contribution in [-0.2, 0) is 18.4 Å². The third-order valence-corrected chi connectivity index (χ3v) is 6.64. The minimum atomic E-state index is 0.175. The number of rotatable bonds is 7.